The average Bonchev–Trinajstić information content (AvgIpc) is 2.73. The molecule has 0 bridgehead atoms. The van der Waals surface area contributed by atoms with E-state index in [1.165, 1.54) is 11.6 Å². The van der Waals surface area contributed by atoms with Gasteiger partial charge < -0.3 is 5.32 Å². The molecule has 4 rings (SSSR count). The fraction of sp³-hybridized carbons (Fsp3) is 0.407. The third-order valence-corrected chi connectivity index (χ3v) is 7.07. The monoisotopic (exact) mass is 418 g/mol. The average molecular weight is 419 g/mol. The quantitative estimate of drug-likeness (QED) is 0.645. The molecule has 1 aromatic heterocycles. The lowest BCUT2D eigenvalue weighted by Gasteiger charge is -2.52. The van der Waals surface area contributed by atoms with Crippen molar-refractivity contribution in [1.82, 2.24) is 10.3 Å². The maximum atomic E-state index is 14.0. The summed E-state index contributed by atoms with van der Waals surface area (Å²) in [4.78, 5) is 16.7. The number of nitrogens with one attached hydrogen (secondary N) is 1. The Kier molecular flexibility index (Phi) is 6.35. The molecule has 2 aliphatic rings. The number of nitrogens with zero attached hydrogens (tertiary/aromatic N) is 1. The second kappa shape index (κ2) is 9.17. The standard InChI is InChI=1S/C27H31FN2O/c1-19-5-7-22(8-6-19)26(31)30-24-17-27(18-24)12-9-21(10-13-27)25-11-15-29-14-3-4-23(28)16-20(25)2/h3-8,11,14-16,21,24H,9-10,12-13,17-18H2,1-2H3,(H,30,31). The molecule has 0 aliphatic heterocycles. The number of carbonyl (C=O) groups excluding carboxylic acids is 1. The fourth-order valence-electron chi connectivity index (χ4n) is 5.30. The maximum Gasteiger partial charge on any atom is 0.251 e. The molecule has 31 heavy (non-hydrogen) atoms. The van der Waals surface area contributed by atoms with Crippen molar-refractivity contribution >= 4 is 5.91 Å². The van der Waals surface area contributed by atoms with Gasteiger partial charge in [-0.05, 0) is 111 Å². The van der Waals surface area contributed by atoms with E-state index in [2.05, 4.69) is 10.3 Å². The summed E-state index contributed by atoms with van der Waals surface area (Å²) < 4.78 is 14.0. The van der Waals surface area contributed by atoms with E-state index in [1.54, 1.807) is 18.3 Å². The first kappa shape index (κ1) is 21.5. The smallest absolute Gasteiger partial charge is 0.251 e. The number of halogens is 1. The predicted octanol–water partition coefficient (Wildman–Crippen LogP) is 6.20. The Hall–Kier alpha value is -2.75. The fourth-order valence-corrected chi connectivity index (χ4v) is 5.30. The molecule has 0 unspecified atom stereocenters. The lowest BCUT2D eigenvalue weighted by atomic mass is 9.56. The van der Waals surface area contributed by atoms with Crippen LogP contribution in [-0.4, -0.2) is 16.9 Å². The van der Waals surface area contributed by atoms with Crippen molar-refractivity contribution in [2.75, 3.05) is 0 Å². The molecule has 2 aromatic rings. The van der Waals surface area contributed by atoms with Gasteiger partial charge in [-0.1, -0.05) is 17.7 Å². The summed E-state index contributed by atoms with van der Waals surface area (Å²) in [6, 6.07) is 14.7. The zero-order valence-corrected chi connectivity index (χ0v) is 18.4. The van der Waals surface area contributed by atoms with E-state index in [9.17, 15) is 9.18 Å². The second-order valence-corrected chi connectivity index (χ2v) is 9.36. The Labute approximate surface area is 184 Å². The van der Waals surface area contributed by atoms with Gasteiger partial charge >= 0.3 is 0 Å². The van der Waals surface area contributed by atoms with E-state index in [0.29, 0.717) is 11.3 Å². The Morgan fingerprint density at radius 3 is 2.45 bits per heavy atom. The number of hydrogen-bond acceptors (Lipinski definition) is 2. The summed E-state index contributed by atoms with van der Waals surface area (Å²) >= 11 is 0. The van der Waals surface area contributed by atoms with Gasteiger partial charge in [0.1, 0.15) is 5.82 Å². The van der Waals surface area contributed by atoms with Crippen LogP contribution in [0.1, 0.15) is 71.5 Å². The molecule has 1 amide bonds. The summed E-state index contributed by atoms with van der Waals surface area (Å²) in [7, 11) is 0. The van der Waals surface area contributed by atoms with E-state index in [-0.39, 0.29) is 17.8 Å². The summed E-state index contributed by atoms with van der Waals surface area (Å²) in [5.74, 6) is 0.227. The Morgan fingerprint density at radius 1 is 1.03 bits per heavy atom. The molecule has 1 N–H and O–H groups in total. The van der Waals surface area contributed by atoms with Gasteiger partial charge in [0.05, 0.1) is 0 Å². The lowest BCUT2D eigenvalue weighted by molar-refractivity contribution is 0.0310. The van der Waals surface area contributed by atoms with E-state index >= 15 is 0 Å². The predicted molar refractivity (Wildman–Crippen MR) is 122 cm³/mol. The molecule has 0 saturated heterocycles. The zero-order chi connectivity index (χ0) is 21.8. The van der Waals surface area contributed by atoms with Crippen molar-refractivity contribution in [3.8, 4) is 0 Å². The number of aryl methyl sites for hydroxylation is 2. The van der Waals surface area contributed by atoms with E-state index < -0.39 is 0 Å². The minimum absolute atomic E-state index is 0.0318. The number of amides is 1. The van der Waals surface area contributed by atoms with Crippen molar-refractivity contribution in [1.29, 1.82) is 0 Å². The summed E-state index contributed by atoms with van der Waals surface area (Å²) in [6.45, 7) is 4.01. The highest BCUT2D eigenvalue weighted by Crippen LogP contribution is 2.54. The van der Waals surface area contributed by atoms with Gasteiger partial charge in [0.2, 0.25) is 0 Å². The molecule has 0 atom stereocenters. The molecular formula is C27H31FN2O. The van der Waals surface area contributed by atoms with Crippen molar-refractivity contribution in [3.05, 3.63) is 89.0 Å². The Bertz CT molecular complexity index is 984. The van der Waals surface area contributed by atoms with Crippen LogP contribution >= 0.6 is 0 Å². The molecule has 2 fully saturated rings. The molecule has 1 heterocycles. The van der Waals surface area contributed by atoms with Crippen molar-refractivity contribution < 1.29 is 9.18 Å². The molecule has 2 saturated carbocycles. The van der Waals surface area contributed by atoms with Crippen molar-refractivity contribution in [2.45, 2.75) is 64.3 Å². The normalized spacial score (nSPS) is 24.7. The Balaban J connectivity index is 1.36. The minimum atomic E-state index is -0.241. The van der Waals surface area contributed by atoms with Gasteiger partial charge in [-0.2, -0.15) is 0 Å². The Morgan fingerprint density at radius 2 is 1.74 bits per heavy atom. The van der Waals surface area contributed by atoms with Crippen LogP contribution in [0.4, 0.5) is 4.39 Å². The SMILES string of the molecule is Cc1ccc(C(=O)NC2CC3(CCC(c4ccncccc(F)cc4C)CC3)C2)cc1. The van der Waals surface area contributed by atoms with Crippen LogP contribution in [0.3, 0.4) is 0 Å². The highest BCUT2D eigenvalue weighted by Gasteiger charge is 2.46. The van der Waals surface area contributed by atoms with Gasteiger partial charge in [-0.15, -0.1) is 0 Å². The largest absolute Gasteiger partial charge is 0.349 e. The number of hydrogen-bond donors (Lipinski definition) is 1. The first-order valence-corrected chi connectivity index (χ1v) is 11.3. The number of aromatic nitrogens is 1. The molecule has 162 valence electrons. The van der Waals surface area contributed by atoms with Crippen LogP contribution in [0.2, 0.25) is 0 Å². The molecule has 4 heteroatoms. The van der Waals surface area contributed by atoms with Gasteiger partial charge in [-0.25, -0.2) is 4.39 Å². The summed E-state index contributed by atoms with van der Waals surface area (Å²) in [6.07, 6.45) is 10.1. The van der Waals surface area contributed by atoms with Gasteiger partial charge in [0, 0.05) is 24.0 Å². The van der Waals surface area contributed by atoms with Crippen LogP contribution in [0, 0.1) is 25.1 Å². The van der Waals surface area contributed by atoms with E-state index in [1.807, 2.05) is 50.4 Å². The molecular weight excluding hydrogens is 387 g/mol. The van der Waals surface area contributed by atoms with Crippen LogP contribution < -0.4 is 5.32 Å². The molecule has 0 radical (unpaired) electrons. The summed E-state index contributed by atoms with van der Waals surface area (Å²) in [5, 5.41) is 3.21. The topological polar surface area (TPSA) is 42.0 Å². The third kappa shape index (κ3) is 5.12. The van der Waals surface area contributed by atoms with Crippen LogP contribution in [0.25, 0.3) is 0 Å². The molecule has 1 spiro atoms. The number of benzene rings is 1. The lowest BCUT2D eigenvalue weighted by Crippen LogP contribution is -2.51. The van der Waals surface area contributed by atoms with Crippen LogP contribution in [-0.2, 0) is 0 Å². The maximum absolute atomic E-state index is 14.0. The third-order valence-electron chi connectivity index (χ3n) is 7.07. The first-order chi connectivity index (χ1) is 14.9. The number of rotatable bonds is 3. The number of carbonyl (C=O) groups is 1. The molecule has 2 aliphatic carbocycles. The molecule has 3 nitrogen and oxygen atoms in total. The van der Waals surface area contributed by atoms with Gasteiger partial charge in [0.25, 0.3) is 5.91 Å². The minimum Gasteiger partial charge on any atom is -0.349 e. The zero-order valence-electron chi connectivity index (χ0n) is 18.4. The van der Waals surface area contributed by atoms with Crippen LogP contribution in [0.5, 0.6) is 0 Å². The van der Waals surface area contributed by atoms with Crippen molar-refractivity contribution in [2.24, 2.45) is 5.41 Å². The highest BCUT2D eigenvalue weighted by molar-refractivity contribution is 5.94. The van der Waals surface area contributed by atoms with E-state index in [0.717, 1.165) is 55.2 Å². The summed E-state index contributed by atoms with van der Waals surface area (Å²) in [5.41, 5.74) is 4.43. The highest BCUT2D eigenvalue weighted by atomic mass is 19.1. The van der Waals surface area contributed by atoms with E-state index in [4.69, 9.17) is 0 Å². The first-order valence-electron chi connectivity index (χ1n) is 11.3. The van der Waals surface area contributed by atoms with Gasteiger partial charge in [0.15, 0.2) is 0 Å². The molecule has 1 aromatic carbocycles. The van der Waals surface area contributed by atoms with Gasteiger partial charge in [-0.3, -0.25) is 9.78 Å². The van der Waals surface area contributed by atoms with Crippen molar-refractivity contribution in [3.63, 3.8) is 0 Å². The second-order valence-electron chi connectivity index (χ2n) is 9.36. The van der Waals surface area contributed by atoms with Crippen LogP contribution in [0.15, 0.2) is 60.9 Å².